The molecule has 0 saturated carbocycles. The summed E-state index contributed by atoms with van der Waals surface area (Å²) in [5.74, 6) is 4.06. The van der Waals surface area contributed by atoms with E-state index in [-0.39, 0.29) is 10.0 Å². The maximum atomic E-state index is 2.47. The van der Waals surface area contributed by atoms with Crippen molar-refractivity contribution in [3.63, 3.8) is 0 Å². The number of hydrogen-bond donors (Lipinski definition) is 0. The van der Waals surface area contributed by atoms with Crippen molar-refractivity contribution in [2.24, 2.45) is 0 Å². The molecule has 0 unspecified atom stereocenters. The smallest absolute Gasteiger partial charge is 0.105 e. The third-order valence-electron chi connectivity index (χ3n) is 2.33. The molecule has 0 atom stereocenters. The van der Waals surface area contributed by atoms with Gasteiger partial charge in [0.15, 0.2) is 0 Å². The minimum atomic E-state index is -0.116. The molecule has 0 aromatic rings. The van der Waals surface area contributed by atoms with Crippen molar-refractivity contribution in [3.8, 4) is 0 Å². The summed E-state index contributed by atoms with van der Waals surface area (Å²) in [5.41, 5.74) is 0. The lowest BCUT2D eigenvalue weighted by atomic mass is 9.83. The van der Waals surface area contributed by atoms with Crippen molar-refractivity contribution in [1.82, 2.24) is 0 Å². The summed E-state index contributed by atoms with van der Waals surface area (Å²) in [5, 5.41) is 0. The molecule has 0 radical (unpaired) electrons. The van der Waals surface area contributed by atoms with Gasteiger partial charge in [-0.1, -0.05) is 5.82 Å². The molecule has 0 amide bonds. The Bertz CT molecular complexity index is 91.1. The first-order valence-corrected chi connectivity index (χ1v) is 6.58. The molecular weight excluding hydrogens is 127 g/mol. The lowest BCUT2D eigenvalue weighted by Crippen LogP contribution is -2.16. The minimum Gasteiger partial charge on any atom is -0.247 e. The van der Waals surface area contributed by atoms with E-state index in [1.165, 1.54) is 24.3 Å². The molecule has 1 saturated heterocycles. The van der Waals surface area contributed by atoms with Crippen LogP contribution in [0.15, 0.2) is 0 Å². The fraction of sp³-hybridized carbons (Fsp3) is 1.00. The zero-order chi connectivity index (χ0) is 6.91. The van der Waals surface area contributed by atoms with E-state index in [9.17, 15) is 0 Å². The van der Waals surface area contributed by atoms with Gasteiger partial charge < -0.3 is 0 Å². The summed E-state index contributed by atoms with van der Waals surface area (Å²) < 4.78 is 0. The maximum Gasteiger partial charge on any atom is 0.105 e. The fourth-order valence-corrected chi connectivity index (χ4v) is 3.57. The molecule has 9 heavy (non-hydrogen) atoms. The third kappa shape index (κ3) is 2.25. The SMILES string of the molecule is BC1CCS(C)(C)CC1. The third-order valence-corrected chi connectivity index (χ3v) is 5.01. The zero-order valence-electron chi connectivity index (χ0n) is 6.81. The van der Waals surface area contributed by atoms with Gasteiger partial charge in [0, 0.05) is 0 Å². The maximum absolute atomic E-state index is 2.47. The summed E-state index contributed by atoms with van der Waals surface area (Å²) in [6, 6.07) is 0. The van der Waals surface area contributed by atoms with Crippen molar-refractivity contribution < 1.29 is 0 Å². The van der Waals surface area contributed by atoms with Crippen LogP contribution in [0.5, 0.6) is 0 Å². The van der Waals surface area contributed by atoms with Gasteiger partial charge in [0.2, 0.25) is 0 Å². The molecule has 54 valence electrons. The van der Waals surface area contributed by atoms with Crippen LogP contribution < -0.4 is 0 Å². The molecule has 0 N–H and O–H groups in total. The molecule has 0 bridgehead atoms. The van der Waals surface area contributed by atoms with Crippen LogP contribution in [0.25, 0.3) is 0 Å². The summed E-state index contributed by atoms with van der Waals surface area (Å²) in [6.07, 6.45) is 7.92. The topological polar surface area (TPSA) is 0 Å². The van der Waals surface area contributed by atoms with E-state index in [1.807, 2.05) is 0 Å². The van der Waals surface area contributed by atoms with Gasteiger partial charge in [-0.3, -0.25) is 0 Å². The van der Waals surface area contributed by atoms with E-state index in [2.05, 4.69) is 20.4 Å². The molecule has 0 aromatic heterocycles. The van der Waals surface area contributed by atoms with Crippen LogP contribution in [0.1, 0.15) is 12.8 Å². The molecular formula is C7H17BS. The Kier molecular flexibility index (Phi) is 2.15. The highest BCUT2D eigenvalue weighted by Crippen LogP contribution is 2.47. The van der Waals surface area contributed by atoms with Crippen LogP contribution >= 0.6 is 10.0 Å². The largest absolute Gasteiger partial charge is 0.247 e. The monoisotopic (exact) mass is 144 g/mol. The number of hydrogen-bond acceptors (Lipinski definition) is 0. The van der Waals surface area contributed by atoms with Crippen molar-refractivity contribution in [1.29, 1.82) is 0 Å². The lowest BCUT2D eigenvalue weighted by molar-refractivity contribution is 0.753. The minimum absolute atomic E-state index is 0.116. The van der Waals surface area contributed by atoms with Gasteiger partial charge in [0.05, 0.1) is 0 Å². The highest BCUT2D eigenvalue weighted by Gasteiger charge is 2.19. The van der Waals surface area contributed by atoms with Crippen LogP contribution in [-0.2, 0) is 0 Å². The zero-order valence-corrected chi connectivity index (χ0v) is 7.63. The van der Waals surface area contributed by atoms with Crippen molar-refractivity contribution in [2.75, 3.05) is 24.0 Å². The summed E-state index contributed by atoms with van der Waals surface area (Å²) >= 11 is 0. The number of rotatable bonds is 0. The average molecular weight is 144 g/mol. The van der Waals surface area contributed by atoms with E-state index < -0.39 is 0 Å². The van der Waals surface area contributed by atoms with Gasteiger partial charge in [-0.2, -0.15) is 0 Å². The Morgan fingerprint density at radius 3 is 2.00 bits per heavy atom. The molecule has 0 aromatic carbocycles. The first-order valence-electron chi connectivity index (χ1n) is 3.79. The lowest BCUT2D eigenvalue weighted by Gasteiger charge is -2.37. The highest BCUT2D eigenvalue weighted by molar-refractivity contribution is 8.32. The summed E-state index contributed by atoms with van der Waals surface area (Å²) in [6.45, 7) is 0. The van der Waals surface area contributed by atoms with Gasteiger partial charge >= 0.3 is 0 Å². The average Bonchev–Trinajstić information content (AvgIpc) is 1.78. The first-order chi connectivity index (χ1) is 4.10. The Hall–Kier alpha value is 0.415. The van der Waals surface area contributed by atoms with E-state index >= 15 is 0 Å². The van der Waals surface area contributed by atoms with Crippen molar-refractivity contribution in [3.05, 3.63) is 0 Å². The van der Waals surface area contributed by atoms with Gasteiger partial charge in [0.1, 0.15) is 7.85 Å². The molecule has 2 heteroatoms. The van der Waals surface area contributed by atoms with Gasteiger partial charge in [-0.15, -0.1) is 0 Å². The normalized spacial score (nSPS) is 31.8. The van der Waals surface area contributed by atoms with Crippen LogP contribution in [-0.4, -0.2) is 31.9 Å². The molecule has 0 aliphatic carbocycles. The summed E-state index contributed by atoms with van der Waals surface area (Å²) in [7, 11) is 2.27. The quantitative estimate of drug-likeness (QED) is 0.449. The van der Waals surface area contributed by atoms with Crippen molar-refractivity contribution >= 4 is 17.9 Å². The van der Waals surface area contributed by atoms with E-state index in [0.29, 0.717) is 0 Å². The Morgan fingerprint density at radius 2 is 1.67 bits per heavy atom. The van der Waals surface area contributed by atoms with E-state index in [0.717, 1.165) is 5.82 Å². The summed E-state index contributed by atoms with van der Waals surface area (Å²) in [4.78, 5) is 0. The van der Waals surface area contributed by atoms with E-state index in [1.54, 1.807) is 0 Å². The van der Waals surface area contributed by atoms with Crippen LogP contribution in [0, 0.1) is 0 Å². The van der Waals surface area contributed by atoms with Crippen LogP contribution in [0.2, 0.25) is 5.82 Å². The second-order valence-electron chi connectivity index (χ2n) is 3.86. The highest BCUT2D eigenvalue weighted by atomic mass is 32.3. The molecule has 1 aliphatic rings. The van der Waals surface area contributed by atoms with Crippen molar-refractivity contribution in [2.45, 2.75) is 18.7 Å². The fourth-order valence-electron chi connectivity index (χ4n) is 1.29. The predicted molar refractivity (Wildman–Crippen MR) is 50.7 cm³/mol. The standard InChI is InChI=1S/C7H17BS/c1-9(2)5-3-7(8)4-6-9/h7H,3-6,8H2,1-2H3. The second-order valence-corrected chi connectivity index (χ2v) is 8.21. The van der Waals surface area contributed by atoms with Gasteiger partial charge in [0.25, 0.3) is 0 Å². The second kappa shape index (κ2) is 2.57. The van der Waals surface area contributed by atoms with Crippen LogP contribution in [0.4, 0.5) is 0 Å². The van der Waals surface area contributed by atoms with Gasteiger partial charge in [-0.05, 0) is 36.9 Å². The first kappa shape index (κ1) is 7.52. The predicted octanol–water partition coefficient (Wildman–Crippen LogP) is 1.27. The molecule has 1 aliphatic heterocycles. The Balaban J connectivity index is 2.35. The molecule has 0 spiro atoms. The molecule has 1 rings (SSSR count). The van der Waals surface area contributed by atoms with Gasteiger partial charge in [-0.25, -0.2) is 10.0 Å². The van der Waals surface area contributed by atoms with Crippen LogP contribution in [0.3, 0.4) is 0 Å². The molecule has 0 nitrogen and oxygen atoms in total. The van der Waals surface area contributed by atoms with E-state index in [4.69, 9.17) is 0 Å². The Morgan fingerprint density at radius 1 is 1.22 bits per heavy atom. The molecule has 1 fully saturated rings. The Labute approximate surface area is 61.1 Å². The molecule has 1 heterocycles.